The summed E-state index contributed by atoms with van der Waals surface area (Å²) in [6.07, 6.45) is 2.57. The molecule has 0 atom stereocenters. The van der Waals surface area contributed by atoms with Gasteiger partial charge in [-0.05, 0) is 49.1 Å². The van der Waals surface area contributed by atoms with Crippen LogP contribution in [0.5, 0.6) is 5.88 Å². The standard InChI is InChI=1S/C20H29N3O3S.ClH/c1-5-10-21-11-12-26-20-13-16(4)19(14-22-20)23-27(24,25)18-8-6-17(7-9-18)15(2)3;/h6-9,13-15,21,23H,5,10-12H2,1-4H3;1H. The van der Waals surface area contributed by atoms with Crippen molar-refractivity contribution in [3.8, 4) is 5.88 Å². The van der Waals surface area contributed by atoms with Gasteiger partial charge in [0.1, 0.15) is 6.61 Å². The third kappa shape index (κ3) is 6.96. The number of benzene rings is 1. The largest absolute Gasteiger partial charge is 0.476 e. The molecule has 8 heteroatoms. The number of hydrogen-bond donors (Lipinski definition) is 2. The molecule has 1 heterocycles. The summed E-state index contributed by atoms with van der Waals surface area (Å²) in [5, 5.41) is 3.25. The lowest BCUT2D eigenvalue weighted by Gasteiger charge is -2.13. The van der Waals surface area contributed by atoms with Crippen LogP contribution in [-0.4, -0.2) is 33.1 Å². The van der Waals surface area contributed by atoms with Crippen molar-refractivity contribution in [3.63, 3.8) is 0 Å². The molecule has 0 aliphatic carbocycles. The number of nitrogens with one attached hydrogen (secondary N) is 2. The summed E-state index contributed by atoms with van der Waals surface area (Å²) >= 11 is 0. The lowest BCUT2D eigenvalue weighted by Crippen LogP contribution is -2.21. The molecule has 0 saturated carbocycles. The smallest absolute Gasteiger partial charge is 0.261 e. The van der Waals surface area contributed by atoms with E-state index < -0.39 is 10.0 Å². The average Bonchev–Trinajstić information content (AvgIpc) is 2.63. The number of halogens is 1. The van der Waals surface area contributed by atoms with Gasteiger partial charge in [0.2, 0.25) is 5.88 Å². The Morgan fingerprint density at radius 2 is 1.82 bits per heavy atom. The molecule has 0 radical (unpaired) electrons. The number of ether oxygens (including phenoxy) is 1. The highest BCUT2D eigenvalue weighted by atomic mass is 35.5. The molecule has 0 fully saturated rings. The Morgan fingerprint density at radius 3 is 2.39 bits per heavy atom. The van der Waals surface area contributed by atoms with E-state index in [2.05, 4.69) is 35.8 Å². The molecule has 2 N–H and O–H groups in total. The first-order chi connectivity index (χ1) is 12.8. The second-order valence-electron chi connectivity index (χ2n) is 6.77. The lowest BCUT2D eigenvalue weighted by atomic mass is 10.0. The number of anilines is 1. The van der Waals surface area contributed by atoms with Crippen molar-refractivity contribution in [2.24, 2.45) is 0 Å². The van der Waals surface area contributed by atoms with Crippen molar-refractivity contribution in [2.45, 2.75) is 44.9 Å². The van der Waals surface area contributed by atoms with Gasteiger partial charge in [-0.25, -0.2) is 13.4 Å². The molecule has 2 rings (SSSR count). The lowest BCUT2D eigenvalue weighted by molar-refractivity contribution is 0.302. The van der Waals surface area contributed by atoms with E-state index in [0.29, 0.717) is 24.1 Å². The second-order valence-corrected chi connectivity index (χ2v) is 8.45. The SMILES string of the molecule is CCCNCCOc1cc(C)c(NS(=O)(=O)c2ccc(C(C)C)cc2)cn1.Cl. The highest BCUT2D eigenvalue weighted by Crippen LogP contribution is 2.23. The van der Waals surface area contributed by atoms with Gasteiger partial charge >= 0.3 is 0 Å². The maximum Gasteiger partial charge on any atom is 0.261 e. The van der Waals surface area contributed by atoms with Gasteiger partial charge in [0, 0.05) is 12.6 Å². The fourth-order valence-corrected chi connectivity index (χ4v) is 3.60. The molecule has 0 bridgehead atoms. The zero-order chi connectivity index (χ0) is 19.9. The summed E-state index contributed by atoms with van der Waals surface area (Å²) in [4.78, 5) is 4.43. The maximum absolute atomic E-state index is 12.6. The van der Waals surface area contributed by atoms with Crippen LogP contribution in [-0.2, 0) is 10.0 Å². The van der Waals surface area contributed by atoms with Crippen molar-refractivity contribution >= 4 is 28.1 Å². The van der Waals surface area contributed by atoms with Crippen LogP contribution in [0.1, 0.15) is 44.2 Å². The molecule has 28 heavy (non-hydrogen) atoms. The number of hydrogen-bond acceptors (Lipinski definition) is 5. The Balaban J connectivity index is 0.00000392. The predicted molar refractivity (Wildman–Crippen MR) is 116 cm³/mol. The summed E-state index contributed by atoms with van der Waals surface area (Å²) in [5.74, 6) is 0.834. The molecule has 156 valence electrons. The highest BCUT2D eigenvalue weighted by Gasteiger charge is 2.16. The molecular weight excluding hydrogens is 398 g/mol. The van der Waals surface area contributed by atoms with Crippen molar-refractivity contribution in [2.75, 3.05) is 24.4 Å². The minimum Gasteiger partial charge on any atom is -0.476 e. The Bertz CT molecular complexity index is 840. The van der Waals surface area contributed by atoms with Crippen molar-refractivity contribution in [1.29, 1.82) is 0 Å². The van der Waals surface area contributed by atoms with Crippen LogP contribution in [0.3, 0.4) is 0 Å². The van der Waals surface area contributed by atoms with E-state index >= 15 is 0 Å². The Labute approximate surface area is 174 Å². The average molecular weight is 428 g/mol. The molecule has 0 spiro atoms. The van der Waals surface area contributed by atoms with Crippen LogP contribution in [0, 0.1) is 6.92 Å². The zero-order valence-corrected chi connectivity index (χ0v) is 18.5. The number of rotatable bonds is 10. The second kappa shape index (κ2) is 11.2. The fraction of sp³-hybridized carbons (Fsp3) is 0.450. The summed E-state index contributed by atoms with van der Waals surface area (Å²) in [6, 6.07) is 8.67. The molecule has 0 aliphatic heterocycles. The van der Waals surface area contributed by atoms with Crippen LogP contribution < -0.4 is 14.8 Å². The van der Waals surface area contributed by atoms with E-state index in [1.165, 1.54) is 6.20 Å². The van der Waals surface area contributed by atoms with E-state index in [1.807, 2.05) is 19.1 Å². The summed E-state index contributed by atoms with van der Waals surface area (Å²) in [7, 11) is -3.66. The van der Waals surface area contributed by atoms with Crippen LogP contribution in [0.15, 0.2) is 41.4 Å². The third-order valence-corrected chi connectivity index (χ3v) is 5.52. The van der Waals surface area contributed by atoms with Gasteiger partial charge < -0.3 is 10.1 Å². The van der Waals surface area contributed by atoms with Crippen LogP contribution in [0.25, 0.3) is 0 Å². The maximum atomic E-state index is 12.6. The molecule has 0 unspecified atom stereocenters. The Morgan fingerprint density at radius 1 is 1.14 bits per heavy atom. The number of aryl methyl sites for hydroxylation is 1. The molecule has 1 aromatic heterocycles. The fourth-order valence-electron chi connectivity index (χ4n) is 2.48. The van der Waals surface area contributed by atoms with E-state index in [0.717, 1.165) is 30.6 Å². The number of sulfonamides is 1. The van der Waals surface area contributed by atoms with E-state index in [-0.39, 0.29) is 17.3 Å². The van der Waals surface area contributed by atoms with Crippen molar-refractivity contribution in [3.05, 3.63) is 47.7 Å². The van der Waals surface area contributed by atoms with Gasteiger partial charge in [0.25, 0.3) is 10.0 Å². The minimum absolute atomic E-state index is 0. The first-order valence-electron chi connectivity index (χ1n) is 9.26. The van der Waals surface area contributed by atoms with Crippen LogP contribution in [0.2, 0.25) is 0 Å². The van der Waals surface area contributed by atoms with Crippen molar-refractivity contribution < 1.29 is 13.2 Å². The predicted octanol–water partition coefficient (Wildman–Crippen LogP) is 4.11. The number of nitrogens with zero attached hydrogens (tertiary/aromatic N) is 1. The topological polar surface area (TPSA) is 80.3 Å². The molecular formula is C20H30ClN3O3S. The highest BCUT2D eigenvalue weighted by molar-refractivity contribution is 7.92. The molecule has 0 aliphatic rings. The summed E-state index contributed by atoms with van der Waals surface area (Å²) in [5.41, 5.74) is 2.30. The normalized spacial score (nSPS) is 11.2. The van der Waals surface area contributed by atoms with Gasteiger partial charge in [-0.15, -0.1) is 12.4 Å². The first-order valence-corrected chi connectivity index (χ1v) is 10.7. The van der Waals surface area contributed by atoms with Crippen LogP contribution >= 0.6 is 12.4 Å². The quantitative estimate of drug-likeness (QED) is 0.557. The molecule has 2 aromatic rings. The van der Waals surface area contributed by atoms with Crippen LogP contribution in [0.4, 0.5) is 5.69 Å². The van der Waals surface area contributed by atoms with E-state index in [1.54, 1.807) is 18.2 Å². The third-order valence-electron chi connectivity index (χ3n) is 4.14. The monoisotopic (exact) mass is 427 g/mol. The van der Waals surface area contributed by atoms with Gasteiger partial charge in [0.15, 0.2) is 0 Å². The molecule has 0 amide bonds. The van der Waals surface area contributed by atoms with Gasteiger partial charge in [-0.1, -0.05) is 32.9 Å². The van der Waals surface area contributed by atoms with Crippen molar-refractivity contribution in [1.82, 2.24) is 10.3 Å². The Hall–Kier alpha value is -1.83. The first kappa shape index (κ1) is 24.2. The molecule has 1 aromatic carbocycles. The number of pyridine rings is 1. The molecule has 6 nitrogen and oxygen atoms in total. The number of aromatic nitrogens is 1. The van der Waals surface area contributed by atoms with Gasteiger partial charge in [0.05, 0.1) is 16.8 Å². The summed E-state index contributed by atoms with van der Waals surface area (Å²) < 4.78 is 33.4. The molecule has 0 saturated heterocycles. The zero-order valence-electron chi connectivity index (χ0n) is 16.9. The van der Waals surface area contributed by atoms with E-state index in [9.17, 15) is 8.42 Å². The van der Waals surface area contributed by atoms with E-state index in [4.69, 9.17) is 4.74 Å². The summed E-state index contributed by atoms with van der Waals surface area (Å²) in [6.45, 7) is 10.3. The van der Waals surface area contributed by atoms with Gasteiger partial charge in [-0.3, -0.25) is 4.72 Å². The van der Waals surface area contributed by atoms with Gasteiger partial charge in [-0.2, -0.15) is 0 Å². The Kier molecular flexibility index (Phi) is 9.72. The minimum atomic E-state index is -3.66.